The lowest BCUT2D eigenvalue weighted by Crippen LogP contribution is -2.40. The first-order valence-corrected chi connectivity index (χ1v) is 7.08. The normalized spacial score (nSPS) is 17.7. The molecule has 0 unspecified atom stereocenters. The fraction of sp³-hybridized carbons (Fsp3) is 0.333. The Balaban J connectivity index is 1.74. The number of nitrogens with zero attached hydrogens (tertiary/aromatic N) is 2. The second-order valence-electron chi connectivity index (χ2n) is 5.34. The monoisotopic (exact) mass is 284 g/mol. The number of anilines is 1. The number of ketones is 1. The molecule has 2 aromatic rings. The van der Waals surface area contributed by atoms with Crippen LogP contribution in [-0.4, -0.2) is 47.3 Å². The zero-order chi connectivity index (χ0) is 14.4. The van der Waals surface area contributed by atoms with Crippen LogP contribution in [0.4, 0.5) is 5.69 Å². The summed E-state index contributed by atoms with van der Waals surface area (Å²) in [4.78, 5) is 12.7. The molecule has 0 radical (unpaired) electrons. The van der Waals surface area contributed by atoms with E-state index in [0.717, 1.165) is 41.3 Å². The van der Waals surface area contributed by atoms with E-state index in [2.05, 4.69) is 20.6 Å². The van der Waals surface area contributed by atoms with E-state index in [9.17, 15) is 4.79 Å². The van der Waals surface area contributed by atoms with Gasteiger partial charge < -0.3 is 10.2 Å². The van der Waals surface area contributed by atoms with Crippen molar-refractivity contribution in [3.8, 4) is 11.3 Å². The number of carbonyl (C=O) groups excluding carboxylic acids is 1. The minimum atomic E-state index is 0.0441. The number of morpholine rings is 1. The molecule has 4 rings (SSSR count). The largest absolute Gasteiger partial charge is 0.379 e. The molecule has 2 N–H and O–H groups in total. The van der Waals surface area contributed by atoms with Gasteiger partial charge in [0.2, 0.25) is 0 Å². The van der Waals surface area contributed by atoms with Crippen molar-refractivity contribution in [3.63, 3.8) is 0 Å². The second-order valence-corrected chi connectivity index (χ2v) is 5.34. The molecule has 0 atom stereocenters. The number of aromatic amines is 1. The van der Waals surface area contributed by atoms with Gasteiger partial charge >= 0.3 is 0 Å². The van der Waals surface area contributed by atoms with E-state index < -0.39 is 0 Å². The second kappa shape index (κ2) is 4.68. The van der Waals surface area contributed by atoms with Crippen LogP contribution in [0.5, 0.6) is 0 Å². The number of carbonyl (C=O) groups is 1. The highest BCUT2D eigenvalue weighted by Gasteiger charge is 2.33. The van der Waals surface area contributed by atoms with Crippen LogP contribution in [0.1, 0.15) is 21.6 Å². The molecule has 2 heterocycles. The third-order valence-corrected chi connectivity index (χ3v) is 4.01. The Morgan fingerprint density at radius 1 is 1.29 bits per heavy atom. The van der Waals surface area contributed by atoms with Gasteiger partial charge in [0.05, 0.1) is 30.0 Å². The molecule has 0 bridgehead atoms. The predicted octanol–water partition coefficient (Wildman–Crippen LogP) is 1.59. The summed E-state index contributed by atoms with van der Waals surface area (Å²) in [5.41, 5.74) is 8.10. The van der Waals surface area contributed by atoms with Gasteiger partial charge in [0, 0.05) is 24.3 Å². The fourth-order valence-corrected chi connectivity index (χ4v) is 2.96. The maximum atomic E-state index is 12.7. The van der Waals surface area contributed by atoms with Crippen LogP contribution in [0.2, 0.25) is 0 Å². The number of nitrogens with one attached hydrogen (secondary N) is 2. The number of aryl methyl sites for hydroxylation is 1. The minimum Gasteiger partial charge on any atom is -0.379 e. The molecule has 1 aromatic carbocycles. The van der Waals surface area contributed by atoms with E-state index in [-0.39, 0.29) is 5.78 Å². The van der Waals surface area contributed by atoms with Crippen LogP contribution in [0.15, 0.2) is 18.2 Å². The first-order chi connectivity index (χ1) is 10.3. The summed E-state index contributed by atoms with van der Waals surface area (Å²) >= 11 is 0. The molecular weight excluding hydrogens is 268 g/mol. The van der Waals surface area contributed by atoms with Crippen molar-refractivity contribution >= 4 is 11.5 Å². The number of hydrazine groups is 1. The smallest absolute Gasteiger partial charge is 0.199 e. The third kappa shape index (κ3) is 1.87. The Labute approximate surface area is 122 Å². The highest BCUT2D eigenvalue weighted by molar-refractivity contribution is 6.24. The van der Waals surface area contributed by atoms with Crippen molar-refractivity contribution in [1.29, 1.82) is 0 Å². The molecule has 0 amide bonds. The maximum Gasteiger partial charge on any atom is 0.199 e. The van der Waals surface area contributed by atoms with E-state index >= 15 is 0 Å². The standard InChI is InChI=1S/C15H16N4O2/c1-9-12-14(17-16-9)10-3-2-4-11(13(10)15(12)20)18-19-5-7-21-8-6-19/h2-4,18H,5-8H2,1H3,(H,16,17). The molecule has 108 valence electrons. The molecule has 6 nitrogen and oxygen atoms in total. The number of aromatic nitrogens is 2. The molecular formula is C15H16N4O2. The van der Waals surface area contributed by atoms with Crippen LogP contribution >= 0.6 is 0 Å². The van der Waals surface area contributed by atoms with Crippen LogP contribution in [0, 0.1) is 6.92 Å². The highest BCUT2D eigenvalue weighted by Crippen LogP contribution is 2.40. The molecule has 1 fully saturated rings. The highest BCUT2D eigenvalue weighted by atomic mass is 16.5. The Kier molecular flexibility index (Phi) is 2.80. The van der Waals surface area contributed by atoms with Gasteiger partial charge in [-0.2, -0.15) is 5.10 Å². The summed E-state index contributed by atoms with van der Waals surface area (Å²) < 4.78 is 5.34. The number of benzene rings is 1. The first-order valence-electron chi connectivity index (χ1n) is 7.08. The summed E-state index contributed by atoms with van der Waals surface area (Å²) in [6.07, 6.45) is 0. The van der Waals surface area contributed by atoms with Gasteiger partial charge in [-0.15, -0.1) is 0 Å². The number of hydrogen-bond donors (Lipinski definition) is 2. The van der Waals surface area contributed by atoms with E-state index in [1.807, 2.05) is 25.1 Å². The van der Waals surface area contributed by atoms with E-state index in [0.29, 0.717) is 18.8 Å². The van der Waals surface area contributed by atoms with Crippen LogP contribution in [-0.2, 0) is 4.74 Å². The predicted molar refractivity (Wildman–Crippen MR) is 78.2 cm³/mol. The summed E-state index contributed by atoms with van der Waals surface area (Å²) in [5.74, 6) is 0.0441. The number of fused-ring (bicyclic) bond motifs is 3. The Morgan fingerprint density at radius 2 is 2.10 bits per heavy atom. The molecule has 1 saturated heterocycles. The van der Waals surface area contributed by atoms with E-state index in [4.69, 9.17) is 4.74 Å². The van der Waals surface area contributed by atoms with Crippen molar-refractivity contribution in [3.05, 3.63) is 35.0 Å². The number of ether oxygens (including phenoxy) is 1. The first kappa shape index (κ1) is 12.6. The van der Waals surface area contributed by atoms with Gasteiger partial charge in [0.25, 0.3) is 0 Å². The minimum absolute atomic E-state index is 0.0441. The van der Waals surface area contributed by atoms with Gasteiger partial charge in [-0.3, -0.25) is 9.89 Å². The molecule has 1 aliphatic carbocycles. The average molecular weight is 284 g/mol. The van der Waals surface area contributed by atoms with E-state index in [1.54, 1.807) is 0 Å². The van der Waals surface area contributed by atoms with Crippen molar-refractivity contribution in [2.75, 3.05) is 31.7 Å². The topological polar surface area (TPSA) is 70.2 Å². The summed E-state index contributed by atoms with van der Waals surface area (Å²) in [7, 11) is 0. The number of hydrogen-bond acceptors (Lipinski definition) is 5. The third-order valence-electron chi connectivity index (χ3n) is 4.01. The van der Waals surface area contributed by atoms with Gasteiger partial charge in [-0.1, -0.05) is 12.1 Å². The number of rotatable bonds is 2. The zero-order valence-electron chi connectivity index (χ0n) is 11.8. The maximum absolute atomic E-state index is 12.7. The molecule has 21 heavy (non-hydrogen) atoms. The SMILES string of the molecule is Cc1[nH]nc2c1C(=O)c1c(NN3CCOCC3)cccc1-2. The summed E-state index contributed by atoms with van der Waals surface area (Å²) in [6.45, 7) is 4.91. The quantitative estimate of drug-likeness (QED) is 0.748. The van der Waals surface area contributed by atoms with Gasteiger partial charge in [-0.05, 0) is 13.0 Å². The average Bonchev–Trinajstić information content (AvgIpc) is 3.02. The van der Waals surface area contributed by atoms with Gasteiger partial charge in [0.15, 0.2) is 5.78 Å². The molecule has 0 spiro atoms. The van der Waals surface area contributed by atoms with Crippen molar-refractivity contribution in [2.24, 2.45) is 0 Å². The summed E-state index contributed by atoms with van der Waals surface area (Å²) in [6, 6.07) is 5.84. The zero-order valence-corrected chi connectivity index (χ0v) is 11.8. The van der Waals surface area contributed by atoms with Crippen molar-refractivity contribution in [1.82, 2.24) is 15.2 Å². The van der Waals surface area contributed by atoms with Crippen LogP contribution in [0.3, 0.4) is 0 Å². The van der Waals surface area contributed by atoms with Crippen molar-refractivity contribution < 1.29 is 9.53 Å². The molecule has 6 heteroatoms. The molecule has 2 aliphatic rings. The molecule has 1 aromatic heterocycles. The summed E-state index contributed by atoms with van der Waals surface area (Å²) in [5, 5.41) is 9.25. The van der Waals surface area contributed by atoms with Crippen LogP contribution in [0.25, 0.3) is 11.3 Å². The van der Waals surface area contributed by atoms with Crippen LogP contribution < -0.4 is 5.43 Å². The molecule has 0 saturated carbocycles. The Morgan fingerprint density at radius 3 is 2.90 bits per heavy atom. The van der Waals surface area contributed by atoms with Gasteiger partial charge in [0.1, 0.15) is 5.69 Å². The van der Waals surface area contributed by atoms with Crippen molar-refractivity contribution in [2.45, 2.75) is 6.92 Å². The Hall–Kier alpha value is -2.18. The lowest BCUT2D eigenvalue weighted by atomic mass is 10.1. The van der Waals surface area contributed by atoms with Gasteiger partial charge in [-0.25, -0.2) is 5.01 Å². The lowest BCUT2D eigenvalue weighted by Gasteiger charge is -2.28. The lowest BCUT2D eigenvalue weighted by molar-refractivity contribution is 0.0496. The fourth-order valence-electron chi connectivity index (χ4n) is 2.96. The Bertz CT molecular complexity index is 716. The van der Waals surface area contributed by atoms with E-state index in [1.165, 1.54) is 0 Å². The number of H-pyrrole nitrogens is 1. The molecule has 1 aliphatic heterocycles.